The van der Waals surface area contributed by atoms with E-state index in [4.69, 9.17) is 5.73 Å². The first kappa shape index (κ1) is 12.3. The second-order valence-electron chi connectivity index (χ2n) is 3.89. The lowest BCUT2D eigenvalue weighted by Crippen LogP contribution is -2.11. The molecule has 94 valence electrons. The smallest absolute Gasteiger partial charge is 0.228 e. The highest BCUT2D eigenvalue weighted by atomic mass is 16.3. The summed E-state index contributed by atoms with van der Waals surface area (Å²) >= 11 is 0. The van der Waals surface area contributed by atoms with Gasteiger partial charge in [-0.1, -0.05) is 30.3 Å². The van der Waals surface area contributed by atoms with Gasteiger partial charge in [-0.05, 0) is 12.5 Å². The first-order valence-corrected chi connectivity index (χ1v) is 5.62. The van der Waals surface area contributed by atoms with Crippen LogP contribution in [-0.2, 0) is 6.54 Å². The molecule has 0 spiro atoms. The normalized spacial score (nSPS) is 12.1. The monoisotopic (exact) mass is 245 g/mol. The number of nitrogens with two attached hydrogens (primary N) is 1. The van der Waals surface area contributed by atoms with Crippen LogP contribution in [0.5, 0.6) is 0 Å². The number of aliphatic hydroxyl groups is 1. The van der Waals surface area contributed by atoms with Gasteiger partial charge in [0, 0.05) is 6.54 Å². The van der Waals surface area contributed by atoms with Crippen LogP contribution in [0.1, 0.15) is 24.4 Å². The van der Waals surface area contributed by atoms with Gasteiger partial charge in [-0.3, -0.25) is 0 Å². The lowest BCUT2D eigenvalue weighted by atomic mass is 10.2. The molecule has 18 heavy (non-hydrogen) atoms. The van der Waals surface area contributed by atoms with E-state index >= 15 is 0 Å². The van der Waals surface area contributed by atoms with Crippen LogP contribution in [0.25, 0.3) is 0 Å². The SMILES string of the molecule is C[C@H](O)c1nc(N)nc(NCc2ccccc2)n1. The number of anilines is 2. The highest BCUT2D eigenvalue weighted by Crippen LogP contribution is 2.10. The van der Waals surface area contributed by atoms with Crippen molar-refractivity contribution >= 4 is 11.9 Å². The molecule has 1 atom stereocenters. The summed E-state index contributed by atoms with van der Waals surface area (Å²) < 4.78 is 0. The van der Waals surface area contributed by atoms with Crippen LogP contribution >= 0.6 is 0 Å². The molecule has 0 saturated carbocycles. The molecule has 1 heterocycles. The summed E-state index contributed by atoms with van der Waals surface area (Å²) in [5.74, 6) is 0.719. The van der Waals surface area contributed by atoms with E-state index in [1.165, 1.54) is 0 Å². The summed E-state index contributed by atoms with van der Waals surface area (Å²) in [5, 5.41) is 12.5. The summed E-state index contributed by atoms with van der Waals surface area (Å²) in [6.45, 7) is 2.17. The van der Waals surface area contributed by atoms with Crippen LogP contribution in [0.2, 0.25) is 0 Å². The zero-order chi connectivity index (χ0) is 13.0. The molecular formula is C12H15N5O. The van der Waals surface area contributed by atoms with Crippen molar-refractivity contribution in [1.82, 2.24) is 15.0 Å². The molecule has 0 fully saturated rings. The van der Waals surface area contributed by atoms with Gasteiger partial charge in [-0.25, -0.2) is 0 Å². The maximum Gasteiger partial charge on any atom is 0.228 e. The second-order valence-corrected chi connectivity index (χ2v) is 3.89. The number of rotatable bonds is 4. The lowest BCUT2D eigenvalue weighted by Gasteiger charge is -2.08. The molecule has 6 nitrogen and oxygen atoms in total. The van der Waals surface area contributed by atoms with Gasteiger partial charge in [0.15, 0.2) is 5.82 Å². The second kappa shape index (κ2) is 5.42. The fourth-order valence-electron chi connectivity index (χ4n) is 1.45. The quantitative estimate of drug-likeness (QED) is 0.746. The van der Waals surface area contributed by atoms with Gasteiger partial charge in [0.2, 0.25) is 11.9 Å². The van der Waals surface area contributed by atoms with Gasteiger partial charge >= 0.3 is 0 Å². The first-order chi connectivity index (χ1) is 8.65. The Morgan fingerprint density at radius 3 is 2.61 bits per heavy atom. The third kappa shape index (κ3) is 3.14. The summed E-state index contributed by atoms with van der Waals surface area (Å²) in [6.07, 6.45) is -0.771. The Hall–Kier alpha value is -2.21. The highest BCUT2D eigenvalue weighted by Gasteiger charge is 2.08. The predicted octanol–water partition coefficient (Wildman–Crippen LogP) is 1.12. The largest absolute Gasteiger partial charge is 0.385 e. The minimum absolute atomic E-state index is 0.0939. The standard InChI is InChI=1S/C12H15N5O/c1-8(18)10-15-11(13)17-12(16-10)14-7-9-5-3-2-4-6-9/h2-6,8,18H,7H2,1H3,(H3,13,14,15,16,17)/t8-/m0/s1. The summed E-state index contributed by atoms with van der Waals surface area (Å²) in [6, 6.07) is 9.86. The van der Waals surface area contributed by atoms with Crippen LogP contribution in [0.3, 0.4) is 0 Å². The van der Waals surface area contributed by atoms with E-state index in [2.05, 4.69) is 20.3 Å². The maximum atomic E-state index is 9.42. The zero-order valence-corrected chi connectivity index (χ0v) is 10.0. The Morgan fingerprint density at radius 2 is 1.94 bits per heavy atom. The zero-order valence-electron chi connectivity index (χ0n) is 10.0. The molecule has 0 aliphatic heterocycles. The minimum Gasteiger partial charge on any atom is -0.385 e. The van der Waals surface area contributed by atoms with Crippen molar-refractivity contribution in [2.24, 2.45) is 0 Å². The Balaban J connectivity index is 2.10. The molecule has 4 N–H and O–H groups in total. The minimum atomic E-state index is -0.771. The maximum absolute atomic E-state index is 9.42. The van der Waals surface area contributed by atoms with E-state index < -0.39 is 6.10 Å². The Labute approximate surface area is 105 Å². The molecule has 0 radical (unpaired) electrons. The molecule has 6 heteroatoms. The molecular weight excluding hydrogens is 230 g/mol. The van der Waals surface area contributed by atoms with E-state index in [0.29, 0.717) is 12.5 Å². The van der Waals surface area contributed by atoms with Crippen molar-refractivity contribution in [2.45, 2.75) is 19.6 Å². The number of nitrogens with zero attached hydrogens (tertiary/aromatic N) is 3. The number of aromatic nitrogens is 3. The average molecular weight is 245 g/mol. The van der Waals surface area contributed by atoms with Crippen molar-refractivity contribution < 1.29 is 5.11 Å². The number of nitrogen functional groups attached to an aromatic ring is 1. The third-order valence-corrected chi connectivity index (χ3v) is 2.34. The fraction of sp³-hybridized carbons (Fsp3) is 0.250. The van der Waals surface area contributed by atoms with E-state index in [9.17, 15) is 5.11 Å². The molecule has 0 amide bonds. The summed E-state index contributed by atoms with van der Waals surface area (Å²) in [4.78, 5) is 11.9. The van der Waals surface area contributed by atoms with Crippen LogP contribution < -0.4 is 11.1 Å². The van der Waals surface area contributed by atoms with Crippen LogP contribution in [0.4, 0.5) is 11.9 Å². The number of nitrogens with one attached hydrogen (secondary N) is 1. The molecule has 2 rings (SSSR count). The van der Waals surface area contributed by atoms with Gasteiger partial charge in [0.05, 0.1) is 0 Å². The Bertz CT molecular complexity index is 515. The Morgan fingerprint density at radius 1 is 1.22 bits per heavy atom. The predicted molar refractivity (Wildman–Crippen MR) is 68.6 cm³/mol. The molecule has 0 aliphatic carbocycles. The third-order valence-electron chi connectivity index (χ3n) is 2.34. The van der Waals surface area contributed by atoms with Gasteiger partial charge in [0.1, 0.15) is 6.10 Å². The highest BCUT2D eigenvalue weighted by molar-refractivity contribution is 5.32. The van der Waals surface area contributed by atoms with Crippen molar-refractivity contribution in [2.75, 3.05) is 11.1 Å². The molecule has 0 saturated heterocycles. The molecule has 0 bridgehead atoms. The molecule has 1 aromatic heterocycles. The average Bonchev–Trinajstić information content (AvgIpc) is 2.37. The van der Waals surface area contributed by atoms with Gasteiger partial charge in [-0.2, -0.15) is 15.0 Å². The lowest BCUT2D eigenvalue weighted by molar-refractivity contribution is 0.189. The molecule has 1 aromatic carbocycles. The number of hydrogen-bond acceptors (Lipinski definition) is 6. The van der Waals surface area contributed by atoms with E-state index in [1.807, 2.05) is 30.3 Å². The van der Waals surface area contributed by atoms with Gasteiger partial charge in [-0.15, -0.1) is 0 Å². The molecule has 0 aliphatic rings. The fourth-order valence-corrected chi connectivity index (χ4v) is 1.45. The van der Waals surface area contributed by atoms with Crippen molar-refractivity contribution in [1.29, 1.82) is 0 Å². The van der Waals surface area contributed by atoms with Crippen LogP contribution in [-0.4, -0.2) is 20.1 Å². The molecule has 2 aromatic rings. The van der Waals surface area contributed by atoms with Crippen LogP contribution in [0.15, 0.2) is 30.3 Å². The van der Waals surface area contributed by atoms with E-state index in [0.717, 1.165) is 5.56 Å². The van der Waals surface area contributed by atoms with Gasteiger partial charge in [0.25, 0.3) is 0 Å². The molecule has 0 unspecified atom stereocenters. The van der Waals surface area contributed by atoms with E-state index in [-0.39, 0.29) is 11.8 Å². The number of hydrogen-bond donors (Lipinski definition) is 3. The number of benzene rings is 1. The van der Waals surface area contributed by atoms with Gasteiger partial charge < -0.3 is 16.2 Å². The van der Waals surface area contributed by atoms with Crippen molar-refractivity contribution in [3.05, 3.63) is 41.7 Å². The summed E-state index contributed by atoms with van der Waals surface area (Å²) in [5.41, 5.74) is 6.66. The van der Waals surface area contributed by atoms with Crippen LogP contribution in [0, 0.1) is 0 Å². The van der Waals surface area contributed by atoms with Crippen molar-refractivity contribution in [3.8, 4) is 0 Å². The number of aliphatic hydroxyl groups excluding tert-OH is 1. The van der Waals surface area contributed by atoms with Crippen molar-refractivity contribution in [3.63, 3.8) is 0 Å². The van der Waals surface area contributed by atoms with E-state index in [1.54, 1.807) is 6.92 Å². The first-order valence-electron chi connectivity index (χ1n) is 5.62. The Kier molecular flexibility index (Phi) is 3.69. The topological polar surface area (TPSA) is 97.0 Å². The summed E-state index contributed by atoms with van der Waals surface area (Å²) in [7, 11) is 0.